The van der Waals surface area contributed by atoms with Crippen molar-refractivity contribution in [1.29, 1.82) is 0 Å². The van der Waals surface area contributed by atoms with Gasteiger partial charge in [-0.3, -0.25) is 4.98 Å². The average Bonchev–Trinajstić information content (AvgIpc) is 2.65. The van der Waals surface area contributed by atoms with Gasteiger partial charge in [-0.25, -0.2) is 8.78 Å². The largest absolute Gasteiger partial charge is 0.490 e. The highest BCUT2D eigenvalue weighted by atomic mass is 19.4. The van der Waals surface area contributed by atoms with Crippen molar-refractivity contribution >= 4 is 10.8 Å². The lowest BCUT2D eigenvalue weighted by atomic mass is 9.89. The molecule has 0 unspecified atom stereocenters. The molecule has 151 valence electrons. The Morgan fingerprint density at radius 3 is 2.69 bits per heavy atom. The zero-order chi connectivity index (χ0) is 20.6. The highest BCUT2D eigenvalue weighted by molar-refractivity contribution is 5.84. The van der Waals surface area contributed by atoms with Crippen molar-refractivity contribution < 1.29 is 26.7 Å². The molecule has 1 saturated carbocycles. The Balaban J connectivity index is 1.34. The zero-order valence-corrected chi connectivity index (χ0v) is 15.1. The molecule has 3 nitrogen and oxygen atoms in total. The SMILES string of the molecule is Fc1ccc(OC2CC(NCc3c(F)c[c]c4cnccc34)C2)cc1C(F)(F)F. The molecule has 0 bridgehead atoms. The molecule has 0 saturated heterocycles. The van der Waals surface area contributed by atoms with Crippen molar-refractivity contribution in [3.8, 4) is 5.75 Å². The maximum Gasteiger partial charge on any atom is 0.419 e. The predicted molar refractivity (Wildman–Crippen MR) is 96.2 cm³/mol. The highest BCUT2D eigenvalue weighted by Gasteiger charge is 2.35. The maximum absolute atomic E-state index is 14.2. The van der Waals surface area contributed by atoms with Crippen LogP contribution in [0.2, 0.25) is 0 Å². The number of rotatable bonds is 5. The van der Waals surface area contributed by atoms with Crippen LogP contribution in [0, 0.1) is 17.7 Å². The Kier molecular flexibility index (Phi) is 5.12. The first-order valence-electron chi connectivity index (χ1n) is 9.01. The van der Waals surface area contributed by atoms with Gasteiger partial charge in [-0.1, -0.05) is 0 Å². The lowest BCUT2D eigenvalue weighted by molar-refractivity contribution is -0.140. The van der Waals surface area contributed by atoms with Gasteiger partial charge in [-0.15, -0.1) is 0 Å². The fourth-order valence-corrected chi connectivity index (χ4v) is 3.37. The van der Waals surface area contributed by atoms with Gasteiger partial charge < -0.3 is 10.1 Å². The monoisotopic (exact) mass is 407 g/mol. The van der Waals surface area contributed by atoms with Crippen LogP contribution in [-0.2, 0) is 12.7 Å². The maximum atomic E-state index is 14.2. The number of hydrogen-bond donors (Lipinski definition) is 1. The molecule has 3 aromatic rings. The molecule has 0 spiro atoms. The van der Waals surface area contributed by atoms with E-state index in [2.05, 4.69) is 16.4 Å². The summed E-state index contributed by atoms with van der Waals surface area (Å²) < 4.78 is 71.4. The summed E-state index contributed by atoms with van der Waals surface area (Å²) in [5.41, 5.74) is -0.833. The van der Waals surface area contributed by atoms with Gasteiger partial charge >= 0.3 is 6.18 Å². The van der Waals surface area contributed by atoms with E-state index >= 15 is 0 Å². The highest BCUT2D eigenvalue weighted by Crippen LogP contribution is 2.35. The molecule has 2 aromatic carbocycles. The number of aromatic nitrogens is 1. The van der Waals surface area contributed by atoms with Crippen molar-refractivity contribution in [3.63, 3.8) is 0 Å². The fraction of sp³-hybridized carbons (Fsp3) is 0.286. The third-order valence-electron chi connectivity index (χ3n) is 5.00. The van der Waals surface area contributed by atoms with E-state index in [0.717, 1.165) is 16.8 Å². The standard InChI is InChI=1S/C21H16F5N2O/c22-19-3-1-12-10-27-6-5-16(12)17(19)11-28-13-7-15(8-13)29-14-2-4-20(23)18(9-14)21(24,25)26/h2-6,9-10,13,15,28H,7-8,11H2. The van der Waals surface area contributed by atoms with E-state index < -0.39 is 17.6 Å². The number of pyridine rings is 1. The summed E-state index contributed by atoms with van der Waals surface area (Å²) in [4.78, 5) is 4.00. The van der Waals surface area contributed by atoms with E-state index in [0.29, 0.717) is 31.0 Å². The molecule has 0 amide bonds. The Bertz CT molecular complexity index is 1030. The van der Waals surface area contributed by atoms with Crippen molar-refractivity contribution in [3.05, 3.63) is 71.6 Å². The third-order valence-corrected chi connectivity index (χ3v) is 5.00. The summed E-state index contributed by atoms with van der Waals surface area (Å²) in [6.07, 6.45) is -0.748. The van der Waals surface area contributed by atoms with Crippen LogP contribution >= 0.6 is 0 Å². The van der Waals surface area contributed by atoms with Crippen LogP contribution in [0.25, 0.3) is 10.8 Å². The molecule has 29 heavy (non-hydrogen) atoms. The minimum absolute atomic E-state index is 0.0229. The zero-order valence-electron chi connectivity index (χ0n) is 15.1. The van der Waals surface area contributed by atoms with E-state index in [1.807, 2.05) is 0 Å². The topological polar surface area (TPSA) is 34.1 Å². The average molecular weight is 407 g/mol. The molecule has 1 fully saturated rings. The quantitative estimate of drug-likeness (QED) is 0.603. The van der Waals surface area contributed by atoms with Gasteiger partial charge in [0, 0.05) is 35.9 Å². The summed E-state index contributed by atoms with van der Waals surface area (Å²) in [7, 11) is 0. The lowest BCUT2D eigenvalue weighted by Crippen LogP contribution is -2.46. The normalized spacial score (nSPS) is 19.2. The van der Waals surface area contributed by atoms with Crippen LogP contribution < -0.4 is 10.1 Å². The number of benzene rings is 2. The molecule has 1 aromatic heterocycles. The number of alkyl halides is 3. The molecule has 0 aliphatic heterocycles. The van der Waals surface area contributed by atoms with E-state index in [9.17, 15) is 22.0 Å². The molecule has 4 rings (SSSR count). The summed E-state index contributed by atoms with van der Waals surface area (Å²) in [6.45, 7) is 0.299. The minimum Gasteiger partial charge on any atom is -0.490 e. The molecule has 1 N–H and O–H groups in total. The van der Waals surface area contributed by atoms with Crippen LogP contribution in [0.4, 0.5) is 22.0 Å². The van der Waals surface area contributed by atoms with Crippen LogP contribution in [0.15, 0.2) is 42.7 Å². The van der Waals surface area contributed by atoms with Crippen LogP contribution in [-0.4, -0.2) is 17.1 Å². The molecular formula is C21H16F5N2O. The van der Waals surface area contributed by atoms with Crippen molar-refractivity contribution in [1.82, 2.24) is 10.3 Å². The van der Waals surface area contributed by atoms with E-state index in [1.54, 1.807) is 18.5 Å². The van der Waals surface area contributed by atoms with Gasteiger partial charge in [0.1, 0.15) is 23.5 Å². The summed E-state index contributed by atoms with van der Waals surface area (Å²) >= 11 is 0. The predicted octanol–water partition coefficient (Wildman–Crippen LogP) is 5.03. The first kappa shape index (κ1) is 19.6. The second-order valence-corrected chi connectivity index (χ2v) is 6.96. The third kappa shape index (κ3) is 4.17. The van der Waals surface area contributed by atoms with E-state index in [1.165, 1.54) is 12.1 Å². The molecule has 1 radical (unpaired) electrons. The number of fused-ring (bicyclic) bond motifs is 1. The van der Waals surface area contributed by atoms with Crippen LogP contribution in [0.1, 0.15) is 24.0 Å². The van der Waals surface area contributed by atoms with Gasteiger partial charge in [-0.05, 0) is 54.6 Å². The molecular weight excluding hydrogens is 391 g/mol. The van der Waals surface area contributed by atoms with Crippen LogP contribution in [0.5, 0.6) is 5.75 Å². The van der Waals surface area contributed by atoms with Gasteiger partial charge in [0.05, 0.1) is 5.56 Å². The van der Waals surface area contributed by atoms with Crippen molar-refractivity contribution in [2.24, 2.45) is 0 Å². The summed E-state index contributed by atoms with van der Waals surface area (Å²) in [6, 6.07) is 8.49. The second-order valence-electron chi connectivity index (χ2n) is 6.96. The van der Waals surface area contributed by atoms with Gasteiger partial charge in [-0.2, -0.15) is 13.2 Å². The molecule has 1 aliphatic rings. The minimum atomic E-state index is -4.78. The smallest absolute Gasteiger partial charge is 0.419 e. The first-order chi connectivity index (χ1) is 13.8. The van der Waals surface area contributed by atoms with Crippen molar-refractivity contribution in [2.75, 3.05) is 0 Å². The molecule has 1 heterocycles. The van der Waals surface area contributed by atoms with E-state index in [4.69, 9.17) is 4.74 Å². The summed E-state index contributed by atoms with van der Waals surface area (Å²) in [5.74, 6) is -1.72. The summed E-state index contributed by atoms with van der Waals surface area (Å²) in [5, 5.41) is 4.68. The number of hydrogen-bond acceptors (Lipinski definition) is 3. The Hall–Kier alpha value is -2.74. The number of ether oxygens (including phenoxy) is 1. The van der Waals surface area contributed by atoms with Crippen LogP contribution in [0.3, 0.4) is 0 Å². The van der Waals surface area contributed by atoms with Gasteiger partial charge in [0.15, 0.2) is 0 Å². The Morgan fingerprint density at radius 2 is 1.93 bits per heavy atom. The Labute approximate surface area is 163 Å². The molecule has 0 atom stereocenters. The van der Waals surface area contributed by atoms with Gasteiger partial charge in [0.2, 0.25) is 0 Å². The number of nitrogens with zero attached hydrogens (tertiary/aromatic N) is 1. The lowest BCUT2D eigenvalue weighted by Gasteiger charge is -2.36. The first-order valence-corrected chi connectivity index (χ1v) is 9.01. The number of nitrogens with one attached hydrogen (secondary N) is 1. The number of halogens is 5. The Morgan fingerprint density at radius 1 is 1.14 bits per heavy atom. The van der Waals surface area contributed by atoms with Crippen molar-refractivity contribution in [2.45, 2.75) is 37.7 Å². The van der Waals surface area contributed by atoms with E-state index in [-0.39, 0.29) is 23.7 Å². The second kappa shape index (κ2) is 7.59. The molecule has 1 aliphatic carbocycles. The van der Waals surface area contributed by atoms with Gasteiger partial charge in [0.25, 0.3) is 0 Å². The molecule has 8 heteroatoms. The fourth-order valence-electron chi connectivity index (χ4n) is 3.37.